The number of halogens is 3. The smallest absolute Gasteiger partial charge is 0.326 e. The van der Waals surface area contributed by atoms with Gasteiger partial charge in [0, 0.05) is 11.4 Å². The zero-order valence-corrected chi connectivity index (χ0v) is 16.9. The number of amides is 1. The van der Waals surface area contributed by atoms with Gasteiger partial charge in [-0.05, 0) is 60.5 Å². The molecule has 0 saturated heterocycles. The molecule has 1 aromatic heterocycles. The third kappa shape index (κ3) is 3.88. The molecule has 2 heterocycles. The molecule has 0 spiro atoms. The molecule has 160 valence electrons. The Labute approximate surface area is 176 Å². The third-order valence-electron chi connectivity index (χ3n) is 5.14. The van der Waals surface area contributed by atoms with Crippen LogP contribution in [0.2, 0.25) is 0 Å². The van der Waals surface area contributed by atoms with E-state index in [1.165, 1.54) is 16.8 Å². The summed E-state index contributed by atoms with van der Waals surface area (Å²) in [7, 11) is 0. The molecular weight excluding hydrogens is 409 g/mol. The maximum Gasteiger partial charge on any atom is 0.416 e. The number of hydrogen-bond donors (Lipinski definition) is 2. The Morgan fingerprint density at radius 2 is 1.81 bits per heavy atom. The van der Waals surface area contributed by atoms with Gasteiger partial charge in [0.05, 0.1) is 11.1 Å². The fourth-order valence-electron chi connectivity index (χ4n) is 3.61. The summed E-state index contributed by atoms with van der Waals surface area (Å²) in [6.07, 6.45) is -4.46. The monoisotopic (exact) mass is 428 g/mol. The maximum atomic E-state index is 13.3. The van der Waals surface area contributed by atoms with Crippen molar-refractivity contribution in [2.45, 2.75) is 33.0 Å². The lowest BCUT2D eigenvalue weighted by molar-refractivity contribution is -0.137. The number of rotatable bonds is 3. The molecule has 7 nitrogen and oxygen atoms in total. The van der Waals surface area contributed by atoms with Crippen molar-refractivity contribution in [3.8, 4) is 0 Å². The molecule has 0 bridgehead atoms. The van der Waals surface area contributed by atoms with Gasteiger partial charge in [-0.15, -0.1) is 0 Å². The number of anilines is 2. The van der Waals surface area contributed by atoms with E-state index in [-0.39, 0.29) is 0 Å². The van der Waals surface area contributed by atoms with Gasteiger partial charge in [-0.25, -0.2) is 0 Å². The number of allylic oxidation sites excluding steroid dienone is 1. The molecule has 1 atom stereocenters. The molecule has 0 radical (unpaired) electrons. The summed E-state index contributed by atoms with van der Waals surface area (Å²) in [4.78, 5) is 13.3. The fourth-order valence-corrected chi connectivity index (χ4v) is 3.61. The first-order valence-corrected chi connectivity index (χ1v) is 9.46. The fraction of sp³-hybridized carbons (Fsp3) is 0.238. The molecule has 2 aromatic carbocycles. The molecule has 3 aromatic rings. The standard InChI is InChI=1S/C21H19F3N6O/c1-11-4-9-16(12(2)10-11)26-19(31)17-13(3)25-20-27-28-29-30(20)18(17)14-5-7-15(8-6-14)21(22,23)24/h4-10,18H,1-3H3,(H,26,31)(H,25,27,29)/t18-/m1/s1. The van der Waals surface area contributed by atoms with E-state index in [0.717, 1.165) is 23.3 Å². The average molecular weight is 428 g/mol. The summed E-state index contributed by atoms with van der Waals surface area (Å²) in [5.41, 5.74) is 3.09. The summed E-state index contributed by atoms with van der Waals surface area (Å²) < 4.78 is 40.4. The summed E-state index contributed by atoms with van der Waals surface area (Å²) in [5, 5.41) is 17.3. The second kappa shape index (κ2) is 7.53. The lowest BCUT2D eigenvalue weighted by Gasteiger charge is -2.28. The second-order valence-electron chi connectivity index (χ2n) is 7.41. The minimum atomic E-state index is -4.46. The zero-order valence-electron chi connectivity index (χ0n) is 16.9. The third-order valence-corrected chi connectivity index (χ3v) is 5.14. The molecule has 1 aliphatic rings. The van der Waals surface area contributed by atoms with Gasteiger partial charge in [0.2, 0.25) is 5.95 Å². The number of nitrogens with one attached hydrogen (secondary N) is 2. The minimum absolute atomic E-state index is 0.297. The molecule has 0 fully saturated rings. The molecule has 4 rings (SSSR count). The van der Waals surface area contributed by atoms with E-state index < -0.39 is 23.7 Å². The Morgan fingerprint density at radius 3 is 2.45 bits per heavy atom. The van der Waals surface area contributed by atoms with Crippen LogP contribution in [-0.4, -0.2) is 26.1 Å². The predicted molar refractivity (Wildman–Crippen MR) is 108 cm³/mol. The molecular formula is C21H19F3N6O. The highest BCUT2D eigenvalue weighted by molar-refractivity contribution is 6.06. The van der Waals surface area contributed by atoms with E-state index in [9.17, 15) is 18.0 Å². The minimum Gasteiger partial charge on any atom is -0.326 e. The van der Waals surface area contributed by atoms with Crippen LogP contribution in [0.3, 0.4) is 0 Å². The number of tetrazole rings is 1. The molecule has 10 heteroatoms. The number of fused-ring (bicyclic) bond motifs is 1. The van der Waals surface area contributed by atoms with Crippen LogP contribution in [0.1, 0.15) is 35.2 Å². The van der Waals surface area contributed by atoms with Crippen LogP contribution >= 0.6 is 0 Å². The normalized spacial score (nSPS) is 16.0. The van der Waals surface area contributed by atoms with Crippen LogP contribution in [0.4, 0.5) is 24.8 Å². The van der Waals surface area contributed by atoms with Gasteiger partial charge < -0.3 is 10.6 Å². The predicted octanol–water partition coefficient (Wildman–Crippen LogP) is 4.24. The quantitative estimate of drug-likeness (QED) is 0.652. The second-order valence-corrected chi connectivity index (χ2v) is 7.41. The van der Waals surface area contributed by atoms with Gasteiger partial charge in [0.15, 0.2) is 0 Å². The Hall–Kier alpha value is -3.69. The van der Waals surface area contributed by atoms with E-state index >= 15 is 0 Å². The van der Waals surface area contributed by atoms with Gasteiger partial charge in [-0.3, -0.25) is 4.79 Å². The number of hydrogen-bond acceptors (Lipinski definition) is 5. The summed E-state index contributed by atoms with van der Waals surface area (Å²) in [6, 6.07) is 9.48. The lowest BCUT2D eigenvalue weighted by atomic mass is 9.94. The Bertz CT molecular complexity index is 1180. The molecule has 1 amide bonds. The van der Waals surface area contributed by atoms with E-state index in [4.69, 9.17) is 0 Å². The van der Waals surface area contributed by atoms with Gasteiger partial charge in [-0.2, -0.15) is 17.9 Å². The Kier molecular flexibility index (Phi) is 5.00. The highest BCUT2D eigenvalue weighted by Crippen LogP contribution is 2.37. The van der Waals surface area contributed by atoms with Gasteiger partial charge in [-0.1, -0.05) is 34.9 Å². The van der Waals surface area contributed by atoms with Crippen molar-refractivity contribution < 1.29 is 18.0 Å². The molecule has 0 saturated carbocycles. The van der Waals surface area contributed by atoms with E-state index in [1.54, 1.807) is 6.92 Å². The Balaban J connectivity index is 1.75. The van der Waals surface area contributed by atoms with Gasteiger partial charge >= 0.3 is 6.18 Å². The van der Waals surface area contributed by atoms with Gasteiger partial charge in [0.1, 0.15) is 6.04 Å². The molecule has 2 N–H and O–H groups in total. The van der Waals surface area contributed by atoms with Crippen molar-refractivity contribution in [1.29, 1.82) is 0 Å². The van der Waals surface area contributed by atoms with Crippen LogP contribution in [0.25, 0.3) is 0 Å². The maximum absolute atomic E-state index is 13.3. The molecule has 1 aliphatic heterocycles. The SMILES string of the molecule is CC1=C(C(=O)Nc2ccc(C)cc2C)[C@@H](c2ccc(C(F)(F)F)cc2)n2nnnc2N1. The first kappa shape index (κ1) is 20.6. The molecule has 0 aliphatic carbocycles. The first-order chi connectivity index (χ1) is 14.6. The first-order valence-electron chi connectivity index (χ1n) is 9.46. The van der Waals surface area contributed by atoms with Crippen LogP contribution in [-0.2, 0) is 11.0 Å². The van der Waals surface area contributed by atoms with E-state index in [0.29, 0.717) is 28.5 Å². The Morgan fingerprint density at radius 1 is 1.10 bits per heavy atom. The van der Waals surface area contributed by atoms with Crippen molar-refractivity contribution in [3.05, 3.63) is 76.0 Å². The number of aromatic nitrogens is 4. The van der Waals surface area contributed by atoms with Crippen LogP contribution in [0, 0.1) is 13.8 Å². The van der Waals surface area contributed by atoms with Gasteiger partial charge in [0.25, 0.3) is 5.91 Å². The van der Waals surface area contributed by atoms with Crippen LogP contribution in [0.15, 0.2) is 53.7 Å². The van der Waals surface area contributed by atoms with Crippen LogP contribution < -0.4 is 10.6 Å². The molecule has 31 heavy (non-hydrogen) atoms. The van der Waals surface area contributed by atoms with Crippen molar-refractivity contribution in [1.82, 2.24) is 20.2 Å². The number of nitrogens with zero attached hydrogens (tertiary/aromatic N) is 4. The number of carbonyl (C=O) groups is 1. The highest BCUT2D eigenvalue weighted by atomic mass is 19.4. The number of alkyl halides is 3. The van der Waals surface area contributed by atoms with Crippen LogP contribution in [0.5, 0.6) is 0 Å². The number of aryl methyl sites for hydroxylation is 2. The van der Waals surface area contributed by atoms with E-state index in [2.05, 4.69) is 26.2 Å². The summed E-state index contributed by atoms with van der Waals surface area (Å²) in [5.74, 6) is -0.103. The number of carbonyl (C=O) groups excluding carboxylic acids is 1. The van der Waals surface area contributed by atoms with E-state index in [1.807, 2.05) is 32.0 Å². The lowest BCUT2D eigenvalue weighted by Crippen LogP contribution is -2.31. The largest absolute Gasteiger partial charge is 0.416 e. The topological polar surface area (TPSA) is 84.7 Å². The van der Waals surface area contributed by atoms with Crippen molar-refractivity contribution >= 4 is 17.5 Å². The van der Waals surface area contributed by atoms with Crippen molar-refractivity contribution in [3.63, 3.8) is 0 Å². The summed E-state index contributed by atoms with van der Waals surface area (Å²) in [6.45, 7) is 5.54. The zero-order chi connectivity index (χ0) is 22.3. The average Bonchev–Trinajstić information content (AvgIpc) is 3.16. The van der Waals surface area contributed by atoms with Crippen molar-refractivity contribution in [2.75, 3.05) is 10.6 Å². The summed E-state index contributed by atoms with van der Waals surface area (Å²) >= 11 is 0. The van der Waals surface area contributed by atoms with Crippen molar-refractivity contribution in [2.24, 2.45) is 0 Å². The highest BCUT2D eigenvalue weighted by Gasteiger charge is 2.35. The molecule has 0 unspecified atom stereocenters. The number of benzene rings is 2.